The van der Waals surface area contributed by atoms with Crippen LogP contribution in [0.1, 0.15) is 12.8 Å². The number of methoxy groups -OCH3 is 1. The number of ether oxygens (including phenoxy) is 2. The Morgan fingerprint density at radius 1 is 1.44 bits per heavy atom. The third-order valence-electron chi connectivity index (χ3n) is 2.45. The van der Waals surface area contributed by atoms with Gasteiger partial charge in [-0.05, 0) is 18.8 Å². The molecule has 0 radical (unpaired) electrons. The lowest BCUT2D eigenvalue weighted by Gasteiger charge is -2.06. The first-order valence-electron chi connectivity index (χ1n) is 5.56. The zero-order valence-electron chi connectivity index (χ0n) is 9.48. The molecule has 0 aliphatic heterocycles. The standard InChI is InChI=1S/C11H17N3O2/c1-15-11-6-10(13-8-14-11)12-4-5-16-7-9-2-3-9/h6,8-9H,2-5,7H2,1H3,(H,12,13,14). The fourth-order valence-electron chi connectivity index (χ4n) is 1.33. The van der Waals surface area contributed by atoms with Crippen molar-refractivity contribution >= 4 is 5.82 Å². The van der Waals surface area contributed by atoms with Crippen molar-refractivity contribution in [1.82, 2.24) is 9.97 Å². The van der Waals surface area contributed by atoms with Crippen LogP contribution >= 0.6 is 0 Å². The SMILES string of the molecule is COc1cc(NCCOCC2CC2)ncn1. The summed E-state index contributed by atoms with van der Waals surface area (Å²) in [7, 11) is 1.59. The second-order valence-electron chi connectivity index (χ2n) is 3.89. The zero-order valence-corrected chi connectivity index (χ0v) is 9.48. The molecule has 1 aromatic rings. The maximum atomic E-state index is 5.50. The molecule has 5 nitrogen and oxygen atoms in total. The summed E-state index contributed by atoms with van der Waals surface area (Å²) in [6.45, 7) is 2.37. The molecule has 2 rings (SSSR count). The Bertz CT molecular complexity index is 329. The predicted octanol–water partition coefficient (Wildman–Crippen LogP) is 1.32. The van der Waals surface area contributed by atoms with Gasteiger partial charge in [0, 0.05) is 19.2 Å². The highest BCUT2D eigenvalue weighted by atomic mass is 16.5. The largest absolute Gasteiger partial charge is 0.481 e. The molecule has 1 aromatic heterocycles. The normalized spacial score (nSPS) is 14.8. The van der Waals surface area contributed by atoms with E-state index in [4.69, 9.17) is 9.47 Å². The van der Waals surface area contributed by atoms with Crippen LogP contribution in [0.2, 0.25) is 0 Å². The van der Waals surface area contributed by atoms with Crippen LogP contribution in [-0.2, 0) is 4.74 Å². The minimum atomic E-state index is 0.566. The molecule has 1 heterocycles. The molecular weight excluding hydrogens is 206 g/mol. The van der Waals surface area contributed by atoms with Crippen molar-refractivity contribution in [2.75, 3.05) is 32.2 Å². The average molecular weight is 223 g/mol. The molecule has 0 aromatic carbocycles. The van der Waals surface area contributed by atoms with Gasteiger partial charge >= 0.3 is 0 Å². The molecule has 16 heavy (non-hydrogen) atoms. The van der Waals surface area contributed by atoms with E-state index >= 15 is 0 Å². The van der Waals surface area contributed by atoms with E-state index in [2.05, 4.69) is 15.3 Å². The first-order valence-corrected chi connectivity index (χ1v) is 5.56. The number of anilines is 1. The molecule has 5 heteroatoms. The van der Waals surface area contributed by atoms with Gasteiger partial charge in [-0.15, -0.1) is 0 Å². The van der Waals surface area contributed by atoms with Crippen molar-refractivity contribution in [3.63, 3.8) is 0 Å². The average Bonchev–Trinajstić information content (AvgIpc) is 3.13. The van der Waals surface area contributed by atoms with Crippen LogP contribution in [0.3, 0.4) is 0 Å². The minimum absolute atomic E-state index is 0.566. The summed E-state index contributed by atoms with van der Waals surface area (Å²) in [5.74, 6) is 2.15. The van der Waals surface area contributed by atoms with Gasteiger partial charge in [0.05, 0.1) is 13.7 Å². The molecule has 0 saturated heterocycles. The Morgan fingerprint density at radius 2 is 2.31 bits per heavy atom. The highest BCUT2D eigenvalue weighted by Crippen LogP contribution is 2.28. The molecule has 0 spiro atoms. The van der Waals surface area contributed by atoms with E-state index in [9.17, 15) is 0 Å². The van der Waals surface area contributed by atoms with Gasteiger partial charge in [0.15, 0.2) is 0 Å². The quantitative estimate of drug-likeness (QED) is 0.707. The van der Waals surface area contributed by atoms with Crippen molar-refractivity contribution in [2.45, 2.75) is 12.8 Å². The van der Waals surface area contributed by atoms with Gasteiger partial charge in [0.25, 0.3) is 0 Å². The van der Waals surface area contributed by atoms with Gasteiger partial charge in [-0.25, -0.2) is 9.97 Å². The maximum Gasteiger partial charge on any atom is 0.218 e. The van der Waals surface area contributed by atoms with Crippen LogP contribution in [0.4, 0.5) is 5.82 Å². The first kappa shape index (κ1) is 11.1. The predicted molar refractivity (Wildman–Crippen MR) is 60.6 cm³/mol. The number of hydrogen-bond donors (Lipinski definition) is 1. The summed E-state index contributed by atoms with van der Waals surface area (Å²) in [5.41, 5.74) is 0. The fourth-order valence-corrected chi connectivity index (χ4v) is 1.33. The number of nitrogens with one attached hydrogen (secondary N) is 1. The van der Waals surface area contributed by atoms with E-state index in [1.165, 1.54) is 19.2 Å². The number of rotatable bonds is 7. The molecule has 1 fully saturated rings. The summed E-state index contributed by atoms with van der Waals surface area (Å²) in [6, 6.07) is 1.76. The van der Waals surface area contributed by atoms with Crippen LogP contribution in [0.15, 0.2) is 12.4 Å². The van der Waals surface area contributed by atoms with E-state index in [0.717, 1.165) is 24.9 Å². The van der Waals surface area contributed by atoms with Crippen molar-refractivity contribution < 1.29 is 9.47 Å². The Hall–Kier alpha value is -1.36. The lowest BCUT2D eigenvalue weighted by molar-refractivity contribution is 0.134. The van der Waals surface area contributed by atoms with Crippen molar-refractivity contribution in [2.24, 2.45) is 5.92 Å². The first-order chi connectivity index (χ1) is 7.88. The Balaban J connectivity index is 1.63. The van der Waals surface area contributed by atoms with E-state index in [-0.39, 0.29) is 0 Å². The molecule has 0 unspecified atom stereocenters. The van der Waals surface area contributed by atoms with E-state index in [1.807, 2.05) is 0 Å². The van der Waals surface area contributed by atoms with Crippen molar-refractivity contribution in [3.8, 4) is 5.88 Å². The molecule has 0 amide bonds. The van der Waals surface area contributed by atoms with Crippen molar-refractivity contribution in [3.05, 3.63) is 12.4 Å². The second kappa shape index (κ2) is 5.65. The molecular formula is C11H17N3O2. The molecule has 1 saturated carbocycles. The molecule has 0 bridgehead atoms. The third kappa shape index (κ3) is 3.66. The lowest BCUT2D eigenvalue weighted by atomic mass is 10.5. The number of hydrogen-bond acceptors (Lipinski definition) is 5. The summed E-state index contributed by atoms with van der Waals surface area (Å²) < 4.78 is 10.5. The lowest BCUT2D eigenvalue weighted by Crippen LogP contribution is -2.11. The molecule has 1 N–H and O–H groups in total. The summed E-state index contributed by atoms with van der Waals surface area (Å²) in [6.07, 6.45) is 4.14. The van der Waals surface area contributed by atoms with Gasteiger partial charge in [0.2, 0.25) is 5.88 Å². The smallest absolute Gasteiger partial charge is 0.218 e. The van der Waals surface area contributed by atoms with Gasteiger partial charge in [-0.1, -0.05) is 0 Å². The second-order valence-corrected chi connectivity index (χ2v) is 3.89. The summed E-state index contributed by atoms with van der Waals surface area (Å²) in [4.78, 5) is 8.00. The van der Waals surface area contributed by atoms with E-state index in [1.54, 1.807) is 13.2 Å². The van der Waals surface area contributed by atoms with Crippen LogP contribution in [0, 0.1) is 5.92 Å². The van der Waals surface area contributed by atoms with Crippen LogP contribution in [0.5, 0.6) is 5.88 Å². The van der Waals surface area contributed by atoms with E-state index in [0.29, 0.717) is 12.5 Å². The third-order valence-corrected chi connectivity index (χ3v) is 2.45. The monoisotopic (exact) mass is 223 g/mol. The van der Waals surface area contributed by atoms with Crippen LogP contribution in [-0.4, -0.2) is 36.8 Å². The van der Waals surface area contributed by atoms with Gasteiger partial charge in [-0.3, -0.25) is 0 Å². The van der Waals surface area contributed by atoms with Gasteiger partial charge in [-0.2, -0.15) is 0 Å². The Morgan fingerprint density at radius 3 is 3.06 bits per heavy atom. The van der Waals surface area contributed by atoms with Gasteiger partial charge < -0.3 is 14.8 Å². The van der Waals surface area contributed by atoms with Crippen molar-refractivity contribution in [1.29, 1.82) is 0 Å². The maximum absolute atomic E-state index is 5.50. The van der Waals surface area contributed by atoms with Crippen LogP contribution < -0.4 is 10.1 Å². The topological polar surface area (TPSA) is 56.3 Å². The Kier molecular flexibility index (Phi) is 3.93. The number of nitrogens with zero attached hydrogens (tertiary/aromatic N) is 2. The molecule has 88 valence electrons. The number of aromatic nitrogens is 2. The molecule has 1 aliphatic rings. The Labute approximate surface area is 95.2 Å². The summed E-state index contributed by atoms with van der Waals surface area (Å²) >= 11 is 0. The molecule has 1 aliphatic carbocycles. The molecule has 0 atom stereocenters. The summed E-state index contributed by atoms with van der Waals surface area (Å²) in [5, 5.41) is 3.16. The van der Waals surface area contributed by atoms with Crippen LogP contribution in [0.25, 0.3) is 0 Å². The van der Waals surface area contributed by atoms with E-state index < -0.39 is 0 Å². The van der Waals surface area contributed by atoms with Gasteiger partial charge in [0.1, 0.15) is 12.1 Å². The highest BCUT2D eigenvalue weighted by molar-refractivity contribution is 5.36. The zero-order chi connectivity index (χ0) is 11.2. The highest BCUT2D eigenvalue weighted by Gasteiger charge is 2.20. The fraction of sp³-hybridized carbons (Fsp3) is 0.636. The minimum Gasteiger partial charge on any atom is -0.481 e.